The maximum Gasteiger partial charge on any atom is 0.303 e. The molecular weight excluding hydrogens is 508 g/mol. The Morgan fingerprint density at radius 2 is 1.73 bits per heavy atom. The summed E-state index contributed by atoms with van der Waals surface area (Å²) in [4.78, 5) is 15.4. The van der Waals surface area contributed by atoms with E-state index in [-0.39, 0.29) is 17.9 Å². The Kier molecular flexibility index (Phi) is 8.71. The molecule has 4 aromatic rings. The summed E-state index contributed by atoms with van der Waals surface area (Å²) in [5, 5.41) is 11.6. The average molecular weight is 535 g/mol. The smallest absolute Gasteiger partial charge is 0.303 e. The first kappa shape index (κ1) is 26.5. The van der Waals surface area contributed by atoms with Gasteiger partial charge in [-0.05, 0) is 77.1 Å². The number of nitrogens with zero attached hydrogens (tertiary/aromatic N) is 1. The highest BCUT2D eigenvalue weighted by molar-refractivity contribution is 7.89. The maximum atomic E-state index is 12.7. The van der Waals surface area contributed by atoms with Gasteiger partial charge in [-0.25, -0.2) is 13.1 Å². The topological polar surface area (TPSA) is 96.4 Å². The fourth-order valence-corrected chi connectivity index (χ4v) is 5.39. The molecule has 37 heavy (non-hydrogen) atoms. The van der Waals surface area contributed by atoms with Crippen molar-refractivity contribution in [1.29, 1.82) is 0 Å². The third-order valence-electron chi connectivity index (χ3n) is 6.03. The zero-order valence-corrected chi connectivity index (χ0v) is 21.7. The second kappa shape index (κ2) is 12.1. The number of sulfonamides is 1. The van der Waals surface area contributed by atoms with Gasteiger partial charge < -0.3 is 5.11 Å². The third kappa shape index (κ3) is 6.83. The van der Waals surface area contributed by atoms with Crippen LogP contribution in [-0.2, 0) is 21.2 Å². The molecule has 0 unspecified atom stereocenters. The molecular formula is C29H27ClN2O4S. The number of hydrogen-bond donors (Lipinski definition) is 2. The summed E-state index contributed by atoms with van der Waals surface area (Å²) in [6, 6.07) is 22.0. The van der Waals surface area contributed by atoms with E-state index in [1.807, 2.05) is 48.5 Å². The molecule has 1 heterocycles. The Morgan fingerprint density at radius 1 is 0.973 bits per heavy atom. The Morgan fingerprint density at radius 3 is 2.43 bits per heavy atom. The highest BCUT2D eigenvalue weighted by Gasteiger charge is 2.15. The van der Waals surface area contributed by atoms with Crippen LogP contribution in [0.2, 0.25) is 5.02 Å². The van der Waals surface area contributed by atoms with Gasteiger partial charge in [-0.3, -0.25) is 9.78 Å². The number of carboxylic acids is 1. The van der Waals surface area contributed by atoms with Crippen molar-refractivity contribution in [1.82, 2.24) is 9.71 Å². The van der Waals surface area contributed by atoms with Crippen LogP contribution in [0, 0.1) is 0 Å². The molecule has 0 spiro atoms. The summed E-state index contributed by atoms with van der Waals surface area (Å²) in [5.74, 6) is -0.808. The number of aliphatic carboxylic acids is 1. The summed E-state index contributed by atoms with van der Waals surface area (Å²) in [6.45, 7) is 0.245. The lowest BCUT2D eigenvalue weighted by atomic mass is 9.90. The molecule has 190 valence electrons. The summed E-state index contributed by atoms with van der Waals surface area (Å²) in [6.07, 6.45) is 7.39. The fourth-order valence-electron chi connectivity index (χ4n) is 4.24. The normalized spacial score (nSPS) is 12.1. The van der Waals surface area contributed by atoms with E-state index in [1.165, 1.54) is 12.1 Å². The molecule has 2 N–H and O–H groups in total. The number of unbranched alkanes of at least 4 members (excludes halogenated alkanes) is 1. The van der Waals surface area contributed by atoms with Crippen LogP contribution in [-0.4, -0.2) is 31.0 Å². The molecule has 0 saturated heterocycles. The van der Waals surface area contributed by atoms with Crippen molar-refractivity contribution in [3.8, 4) is 0 Å². The van der Waals surface area contributed by atoms with Crippen LogP contribution in [0.3, 0.4) is 0 Å². The maximum absolute atomic E-state index is 12.7. The largest absolute Gasteiger partial charge is 0.481 e. The number of carbonyl (C=O) groups is 1. The van der Waals surface area contributed by atoms with Crippen LogP contribution < -0.4 is 4.72 Å². The molecule has 0 saturated carbocycles. The molecule has 0 aliphatic heterocycles. The Hall–Kier alpha value is -3.52. The zero-order chi connectivity index (χ0) is 26.3. The molecule has 0 amide bonds. The summed E-state index contributed by atoms with van der Waals surface area (Å²) < 4.78 is 28.0. The SMILES string of the molecule is O=C(O)CCC/C=C(\c1cccnc1)c1ccc(CCNS(=O)(=O)c2ccc(Cl)cc2)c2ccccc12. The molecule has 0 fully saturated rings. The monoisotopic (exact) mass is 534 g/mol. The molecule has 4 rings (SSSR count). The Bertz CT molecular complexity index is 1520. The van der Waals surface area contributed by atoms with E-state index in [9.17, 15) is 13.2 Å². The molecule has 0 aliphatic rings. The second-order valence-electron chi connectivity index (χ2n) is 8.56. The van der Waals surface area contributed by atoms with Crippen molar-refractivity contribution in [2.24, 2.45) is 0 Å². The van der Waals surface area contributed by atoms with Crippen LogP contribution in [0.5, 0.6) is 0 Å². The van der Waals surface area contributed by atoms with Crippen molar-refractivity contribution in [3.05, 3.63) is 113 Å². The van der Waals surface area contributed by atoms with E-state index in [1.54, 1.807) is 24.5 Å². The van der Waals surface area contributed by atoms with Gasteiger partial charge in [-0.15, -0.1) is 0 Å². The van der Waals surface area contributed by atoms with Gasteiger partial charge in [0, 0.05) is 35.9 Å². The molecule has 0 radical (unpaired) electrons. The molecule has 0 bridgehead atoms. The quantitative estimate of drug-likeness (QED) is 0.227. The van der Waals surface area contributed by atoms with Gasteiger partial charge in [0.1, 0.15) is 0 Å². The van der Waals surface area contributed by atoms with Crippen molar-refractivity contribution in [2.75, 3.05) is 6.54 Å². The lowest BCUT2D eigenvalue weighted by Crippen LogP contribution is -2.26. The van der Waals surface area contributed by atoms with Gasteiger partial charge in [0.15, 0.2) is 0 Å². The molecule has 8 heteroatoms. The lowest BCUT2D eigenvalue weighted by Gasteiger charge is -2.15. The van der Waals surface area contributed by atoms with Crippen LogP contribution in [0.1, 0.15) is 36.0 Å². The van der Waals surface area contributed by atoms with E-state index in [4.69, 9.17) is 16.7 Å². The van der Waals surface area contributed by atoms with Gasteiger partial charge in [0.25, 0.3) is 0 Å². The van der Waals surface area contributed by atoms with E-state index in [2.05, 4.69) is 15.8 Å². The molecule has 3 aromatic carbocycles. The highest BCUT2D eigenvalue weighted by Crippen LogP contribution is 2.32. The lowest BCUT2D eigenvalue weighted by molar-refractivity contribution is -0.137. The minimum atomic E-state index is -3.64. The van der Waals surface area contributed by atoms with Gasteiger partial charge >= 0.3 is 5.97 Å². The average Bonchev–Trinajstić information content (AvgIpc) is 2.90. The number of aromatic nitrogens is 1. The number of carboxylic acid groups (broad SMARTS) is 1. The molecule has 0 atom stereocenters. The number of pyridine rings is 1. The number of benzene rings is 3. The van der Waals surface area contributed by atoms with Crippen molar-refractivity contribution in [3.63, 3.8) is 0 Å². The van der Waals surface area contributed by atoms with Crippen LogP contribution in [0.25, 0.3) is 16.3 Å². The summed E-state index contributed by atoms with van der Waals surface area (Å²) in [5.41, 5.74) is 3.98. The predicted molar refractivity (Wildman–Crippen MR) is 147 cm³/mol. The standard InChI is InChI=1S/C29H27ClN2O4S/c30-23-12-14-24(15-13-23)37(35,36)32-19-17-21-11-16-28(27-9-2-1-7-25(21)27)26(8-3-4-10-29(33)34)22-6-5-18-31-20-22/h1-2,5-9,11-16,18,20,32H,3-4,10,17,19H2,(H,33,34)/b26-8+. The van der Waals surface area contributed by atoms with E-state index in [0.29, 0.717) is 24.3 Å². The predicted octanol–water partition coefficient (Wildman–Crippen LogP) is 6.10. The van der Waals surface area contributed by atoms with Gasteiger partial charge in [0.2, 0.25) is 10.0 Å². The number of rotatable bonds is 11. The summed E-state index contributed by atoms with van der Waals surface area (Å²) in [7, 11) is -3.64. The van der Waals surface area contributed by atoms with Crippen molar-refractivity contribution in [2.45, 2.75) is 30.6 Å². The van der Waals surface area contributed by atoms with Gasteiger partial charge in [0.05, 0.1) is 4.90 Å². The first-order valence-electron chi connectivity index (χ1n) is 11.9. The minimum Gasteiger partial charge on any atom is -0.481 e. The van der Waals surface area contributed by atoms with E-state index < -0.39 is 16.0 Å². The number of fused-ring (bicyclic) bond motifs is 1. The first-order valence-corrected chi connectivity index (χ1v) is 13.8. The van der Waals surface area contributed by atoms with Crippen LogP contribution in [0.4, 0.5) is 0 Å². The third-order valence-corrected chi connectivity index (χ3v) is 7.76. The molecule has 1 aromatic heterocycles. The van der Waals surface area contributed by atoms with Crippen molar-refractivity contribution >= 4 is 43.9 Å². The molecule has 0 aliphatic carbocycles. The molecule has 6 nitrogen and oxygen atoms in total. The van der Waals surface area contributed by atoms with E-state index >= 15 is 0 Å². The number of allylic oxidation sites excluding steroid dienone is 1. The van der Waals surface area contributed by atoms with E-state index in [0.717, 1.165) is 33.0 Å². The highest BCUT2D eigenvalue weighted by atomic mass is 35.5. The van der Waals surface area contributed by atoms with Gasteiger partial charge in [-0.1, -0.05) is 60.1 Å². The van der Waals surface area contributed by atoms with Crippen LogP contribution in [0.15, 0.2) is 96.2 Å². The first-order chi connectivity index (χ1) is 17.8. The van der Waals surface area contributed by atoms with Gasteiger partial charge in [-0.2, -0.15) is 0 Å². The zero-order valence-electron chi connectivity index (χ0n) is 20.1. The summed E-state index contributed by atoms with van der Waals surface area (Å²) >= 11 is 5.88. The second-order valence-corrected chi connectivity index (χ2v) is 10.8. The number of halogens is 1. The minimum absolute atomic E-state index is 0.114. The fraction of sp³-hybridized carbons (Fsp3) is 0.172. The Labute approximate surface area is 221 Å². The van der Waals surface area contributed by atoms with Crippen LogP contribution >= 0.6 is 11.6 Å². The van der Waals surface area contributed by atoms with Crippen molar-refractivity contribution < 1.29 is 18.3 Å². The number of hydrogen-bond acceptors (Lipinski definition) is 4. The Balaban J connectivity index is 1.61. The number of nitrogens with one attached hydrogen (secondary N) is 1.